The van der Waals surface area contributed by atoms with Gasteiger partial charge in [0, 0.05) is 16.5 Å². The highest BCUT2D eigenvalue weighted by Gasteiger charge is 2.74. The molecule has 30 heavy (non-hydrogen) atoms. The van der Waals surface area contributed by atoms with Crippen LogP contribution in [0.15, 0.2) is 30.7 Å². The largest absolute Gasteiger partial charge is 0.360 e. The molecule has 0 amide bonds. The molecule has 1 atom stereocenters. The highest BCUT2D eigenvalue weighted by Crippen LogP contribution is 2.58. The van der Waals surface area contributed by atoms with E-state index in [4.69, 9.17) is 4.74 Å². The topological polar surface area (TPSA) is 81.5 Å². The molecule has 1 aliphatic carbocycles. The Hall–Kier alpha value is -3.34. The van der Waals surface area contributed by atoms with Crippen LogP contribution in [0.5, 0.6) is 0 Å². The van der Waals surface area contributed by atoms with Crippen LogP contribution in [0.2, 0.25) is 0 Å². The number of H-pyrrole nitrogens is 1. The monoisotopic (exact) mass is 416 g/mol. The quantitative estimate of drug-likeness (QED) is 0.506. The fourth-order valence-corrected chi connectivity index (χ4v) is 4.00. The predicted octanol–water partition coefficient (Wildman–Crippen LogP) is 3.47. The number of aromatic amines is 1. The number of rotatable bonds is 2. The maximum absolute atomic E-state index is 15.0. The van der Waals surface area contributed by atoms with Gasteiger partial charge in [0.05, 0.1) is 49.6 Å². The number of hydrogen-bond acceptors (Lipinski definition) is 5. The van der Waals surface area contributed by atoms with Gasteiger partial charge in [-0.3, -0.25) is 14.8 Å². The van der Waals surface area contributed by atoms with Gasteiger partial charge in [-0.05, 0) is 12.1 Å². The van der Waals surface area contributed by atoms with Crippen molar-refractivity contribution in [3.05, 3.63) is 48.1 Å². The molecule has 0 aromatic carbocycles. The molecule has 4 aromatic rings. The Bertz CT molecular complexity index is 1310. The summed E-state index contributed by atoms with van der Waals surface area (Å²) in [6, 6.07) is 2.61. The highest BCUT2D eigenvalue weighted by atomic mass is 19.3. The minimum Gasteiger partial charge on any atom is -0.360 e. The first kappa shape index (κ1) is 17.5. The standard InChI is InChI=1S/C19H12F4N6O/c20-9-1-2-12(24-3-9)16-15(14-10-4-26-27-17(10)25-5-11(14)21)13-6-30-18(7-19(18,22)23)8-29(13)28-16/h1-5H,6-8H2,(H,25,26,27)/t18-/m1/s1. The zero-order valence-electron chi connectivity index (χ0n) is 15.2. The van der Waals surface area contributed by atoms with E-state index in [1.807, 2.05) is 0 Å². The molecular weight excluding hydrogens is 404 g/mol. The lowest BCUT2D eigenvalue weighted by atomic mass is 9.98. The zero-order valence-corrected chi connectivity index (χ0v) is 15.2. The van der Waals surface area contributed by atoms with E-state index in [0.29, 0.717) is 22.3 Å². The van der Waals surface area contributed by atoms with Crippen molar-refractivity contribution >= 4 is 11.0 Å². The normalized spacial score (nSPS) is 21.9. The first-order valence-corrected chi connectivity index (χ1v) is 9.10. The summed E-state index contributed by atoms with van der Waals surface area (Å²) in [5, 5.41) is 11.4. The third kappa shape index (κ3) is 2.29. The minimum atomic E-state index is -2.94. The number of alkyl halides is 2. The van der Waals surface area contributed by atoms with Crippen molar-refractivity contribution in [1.29, 1.82) is 0 Å². The van der Waals surface area contributed by atoms with E-state index in [1.165, 1.54) is 23.0 Å². The summed E-state index contributed by atoms with van der Waals surface area (Å²) >= 11 is 0. The second kappa shape index (κ2) is 5.63. The van der Waals surface area contributed by atoms with Crippen molar-refractivity contribution < 1.29 is 22.3 Å². The first-order valence-electron chi connectivity index (χ1n) is 9.10. The summed E-state index contributed by atoms with van der Waals surface area (Å²) in [7, 11) is 0. The maximum Gasteiger partial charge on any atom is 0.281 e. The summed E-state index contributed by atoms with van der Waals surface area (Å²) in [5.41, 5.74) is 0.180. The van der Waals surface area contributed by atoms with Crippen molar-refractivity contribution in [2.24, 2.45) is 0 Å². The average Bonchev–Trinajstić information content (AvgIpc) is 3.09. The molecule has 1 fully saturated rings. The van der Waals surface area contributed by atoms with Gasteiger partial charge in [0.15, 0.2) is 11.2 Å². The van der Waals surface area contributed by atoms with Gasteiger partial charge in [0.1, 0.15) is 17.3 Å². The molecule has 2 aliphatic rings. The fourth-order valence-electron chi connectivity index (χ4n) is 4.00. The maximum atomic E-state index is 15.0. The van der Waals surface area contributed by atoms with Gasteiger partial charge in [-0.25, -0.2) is 22.5 Å². The van der Waals surface area contributed by atoms with Crippen LogP contribution in [0.3, 0.4) is 0 Å². The Morgan fingerprint density at radius 3 is 2.63 bits per heavy atom. The second-order valence-corrected chi connectivity index (χ2v) is 7.47. The summed E-state index contributed by atoms with van der Waals surface area (Å²) in [4.78, 5) is 8.03. The van der Waals surface area contributed by atoms with Crippen LogP contribution in [-0.4, -0.2) is 41.5 Å². The van der Waals surface area contributed by atoms with Gasteiger partial charge in [0.25, 0.3) is 5.92 Å². The number of aromatic nitrogens is 6. The van der Waals surface area contributed by atoms with Gasteiger partial charge in [0.2, 0.25) is 0 Å². The summed E-state index contributed by atoms with van der Waals surface area (Å²) in [6.07, 6.45) is 3.09. The molecule has 11 heteroatoms. The van der Waals surface area contributed by atoms with Crippen LogP contribution in [0, 0.1) is 11.6 Å². The van der Waals surface area contributed by atoms with E-state index in [2.05, 4.69) is 25.3 Å². The Labute approximate surface area is 165 Å². The molecule has 4 aromatic heterocycles. The lowest BCUT2D eigenvalue weighted by Gasteiger charge is -2.25. The molecule has 0 bridgehead atoms. The van der Waals surface area contributed by atoms with E-state index in [-0.39, 0.29) is 30.1 Å². The molecule has 6 rings (SSSR count). The predicted molar refractivity (Wildman–Crippen MR) is 95.3 cm³/mol. The lowest BCUT2D eigenvalue weighted by Crippen LogP contribution is -2.34. The van der Waals surface area contributed by atoms with Gasteiger partial charge >= 0.3 is 0 Å². The molecule has 1 N–H and O–H groups in total. The van der Waals surface area contributed by atoms with Crippen LogP contribution in [-0.2, 0) is 17.9 Å². The number of nitrogens with zero attached hydrogens (tertiary/aromatic N) is 5. The zero-order chi connectivity index (χ0) is 20.7. The molecule has 0 radical (unpaired) electrons. The van der Waals surface area contributed by atoms with Crippen molar-refractivity contribution in [1.82, 2.24) is 29.9 Å². The number of ether oxygens (including phenoxy) is 1. The summed E-state index contributed by atoms with van der Waals surface area (Å²) in [5.74, 6) is -4.12. The van der Waals surface area contributed by atoms with E-state index in [0.717, 1.165) is 12.4 Å². The van der Waals surface area contributed by atoms with E-state index >= 15 is 0 Å². The smallest absolute Gasteiger partial charge is 0.281 e. The summed E-state index contributed by atoms with van der Waals surface area (Å²) in [6.45, 7) is -0.356. The van der Waals surface area contributed by atoms with Gasteiger partial charge in [-0.1, -0.05) is 0 Å². The van der Waals surface area contributed by atoms with Gasteiger partial charge in [-0.2, -0.15) is 10.2 Å². The Kier molecular flexibility index (Phi) is 3.28. The van der Waals surface area contributed by atoms with Crippen molar-refractivity contribution in [3.63, 3.8) is 0 Å². The van der Waals surface area contributed by atoms with Crippen LogP contribution in [0.1, 0.15) is 12.1 Å². The van der Waals surface area contributed by atoms with E-state index in [1.54, 1.807) is 0 Å². The molecule has 1 aliphatic heterocycles. The third-order valence-electron chi connectivity index (χ3n) is 5.65. The highest BCUT2D eigenvalue weighted by molar-refractivity contribution is 5.97. The number of hydrogen-bond donors (Lipinski definition) is 1. The number of halogens is 4. The third-order valence-corrected chi connectivity index (χ3v) is 5.65. The molecule has 152 valence electrons. The van der Waals surface area contributed by atoms with Crippen molar-refractivity contribution in [2.45, 2.75) is 31.1 Å². The number of fused-ring (bicyclic) bond motifs is 2. The Morgan fingerprint density at radius 1 is 1.07 bits per heavy atom. The van der Waals surface area contributed by atoms with Crippen LogP contribution in [0.25, 0.3) is 33.5 Å². The van der Waals surface area contributed by atoms with Crippen LogP contribution >= 0.6 is 0 Å². The van der Waals surface area contributed by atoms with Crippen molar-refractivity contribution in [3.8, 4) is 22.5 Å². The van der Waals surface area contributed by atoms with Gasteiger partial charge < -0.3 is 4.74 Å². The molecule has 1 spiro atoms. The van der Waals surface area contributed by atoms with E-state index < -0.39 is 29.6 Å². The molecular formula is C19H12F4N6O. The number of pyridine rings is 2. The average molecular weight is 416 g/mol. The van der Waals surface area contributed by atoms with E-state index in [9.17, 15) is 17.6 Å². The SMILES string of the molecule is Fc1ccc(-c2nn3c(c2-c2c(F)cnc4[nH]ncc24)CO[C@@]2(C3)CC2(F)F)nc1. The lowest BCUT2D eigenvalue weighted by molar-refractivity contribution is -0.0901. The molecule has 7 nitrogen and oxygen atoms in total. The minimum absolute atomic E-state index is 0.151. The molecule has 0 saturated heterocycles. The van der Waals surface area contributed by atoms with Crippen LogP contribution in [0.4, 0.5) is 17.6 Å². The Morgan fingerprint density at radius 2 is 1.90 bits per heavy atom. The first-order chi connectivity index (χ1) is 14.4. The fraction of sp³-hybridized carbons (Fsp3) is 0.263. The van der Waals surface area contributed by atoms with Crippen molar-refractivity contribution in [2.75, 3.05) is 0 Å². The molecule has 0 unspecified atom stereocenters. The summed E-state index contributed by atoms with van der Waals surface area (Å²) < 4.78 is 63.1. The second-order valence-electron chi connectivity index (χ2n) is 7.47. The van der Waals surface area contributed by atoms with Crippen LogP contribution < -0.4 is 0 Å². The molecule has 1 saturated carbocycles. The molecule has 5 heterocycles. The number of nitrogens with one attached hydrogen (secondary N) is 1. The van der Waals surface area contributed by atoms with Gasteiger partial charge in [-0.15, -0.1) is 0 Å². The Balaban J connectivity index is 1.62.